The third-order valence-corrected chi connectivity index (χ3v) is 5.71. The number of carbonyl (C=O) groups excluding carboxylic acids is 2. The van der Waals surface area contributed by atoms with E-state index in [0.717, 1.165) is 38.0 Å². The van der Waals surface area contributed by atoms with Gasteiger partial charge < -0.3 is 25.5 Å². The second kappa shape index (κ2) is 8.00. The highest BCUT2D eigenvalue weighted by molar-refractivity contribution is 5.83. The standard InChI is InChI=1S/C19H28N4O4/c24-11-16-5-4-15(27-16)9-20-13-7-17-19(26)21-8-14(23(17)10-13)3-6-18(25)22-12-1-2-12/h4-5,12-14,17,20,24H,1-3,6-11H2,(H,21,26)(H,22,25)/t13-,14+,17-/m0/s1. The average Bonchev–Trinajstić information content (AvgIpc) is 3.19. The number of rotatable bonds is 8. The molecule has 1 saturated carbocycles. The van der Waals surface area contributed by atoms with Gasteiger partial charge in [0.15, 0.2) is 0 Å². The molecule has 8 heteroatoms. The third-order valence-electron chi connectivity index (χ3n) is 5.71. The first-order valence-electron chi connectivity index (χ1n) is 9.87. The lowest BCUT2D eigenvalue weighted by molar-refractivity contribution is -0.129. The predicted molar refractivity (Wildman–Crippen MR) is 97.6 cm³/mol. The molecule has 0 unspecified atom stereocenters. The molecule has 27 heavy (non-hydrogen) atoms. The molecule has 2 aliphatic heterocycles. The first kappa shape index (κ1) is 18.5. The first-order valence-corrected chi connectivity index (χ1v) is 9.87. The Bertz CT molecular complexity index is 687. The van der Waals surface area contributed by atoms with E-state index in [1.54, 1.807) is 6.07 Å². The Morgan fingerprint density at radius 3 is 2.85 bits per heavy atom. The van der Waals surface area contributed by atoms with Gasteiger partial charge in [-0.05, 0) is 37.8 Å². The maximum absolute atomic E-state index is 12.3. The zero-order valence-electron chi connectivity index (χ0n) is 15.4. The van der Waals surface area contributed by atoms with Crippen molar-refractivity contribution in [1.82, 2.24) is 20.9 Å². The van der Waals surface area contributed by atoms with Crippen molar-refractivity contribution < 1.29 is 19.1 Å². The van der Waals surface area contributed by atoms with Crippen LogP contribution in [0.3, 0.4) is 0 Å². The predicted octanol–water partition coefficient (Wildman–Crippen LogP) is -0.138. The minimum Gasteiger partial charge on any atom is -0.462 e. The maximum Gasteiger partial charge on any atom is 0.237 e. The Morgan fingerprint density at radius 2 is 2.11 bits per heavy atom. The van der Waals surface area contributed by atoms with Crippen LogP contribution < -0.4 is 16.0 Å². The monoisotopic (exact) mass is 376 g/mol. The molecule has 4 rings (SSSR count). The number of nitrogens with one attached hydrogen (secondary N) is 3. The molecule has 0 radical (unpaired) electrons. The minimum atomic E-state index is -0.127. The van der Waals surface area contributed by atoms with E-state index >= 15 is 0 Å². The topological polar surface area (TPSA) is 107 Å². The summed E-state index contributed by atoms with van der Waals surface area (Å²) in [5.74, 6) is 1.54. The molecular formula is C19H28N4O4. The van der Waals surface area contributed by atoms with Crippen LogP contribution in [-0.4, -0.2) is 59.1 Å². The van der Waals surface area contributed by atoms with Crippen LogP contribution in [0.2, 0.25) is 0 Å². The molecule has 4 N–H and O–H groups in total. The van der Waals surface area contributed by atoms with Crippen molar-refractivity contribution in [2.24, 2.45) is 0 Å². The fourth-order valence-corrected chi connectivity index (χ4v) is 4.06. The summed E-state index contributed by atoms with van der Waals surface area (Å²) in [7, 11) is 0. The highest BCUT2D eigenvalue weighted by atomic mass is 16.4. The van der Waals surface area contributed by atoms with E-state index in [9.17, 15) is 9.59 Å². The molecule has 2 amide bonds. The summed E-state index contributed by atoms with van der Waals surface area (Å²) >= 11 is 0. The first-order chi connectivity index (χ1) is 13.1. The second-order valence-corrected chi connectivity index (χ2v) is 7.83. The van der Waals surface area contributed by atoms with Crippen LogP contribution in [0.25, 0.3) is 0 Å². The number of furan rings is 1. The molecule has 3 aliphatic rings. The van der Waals surface area contributed by atoms with Crippen LogP contribution in [0, 0.1) is 0 Å². The number of aliphatic hydroxyl groups excluding tert-OH is 1. The van der Waals surface area contributed by atoms with Crippen LogP contribution >= 0.6 is 0 Å². The summed E-state index contributed by atoms with van der Waals surface area (Å²) in [6, 6.07) is 4.29. The fraction of sp³-hybridized carbons (Fsp3) is 0.684. The van der Waals surface area contributed by atoms with Crippen molar-refractivity contribution in [3.63, 3.8) is 0 Å². The van der Waals surface area contributed by atoms with Crippen LogP contribution in [0.5, 0.6) is 0 Å². The van der Waals surface area contributed by atoms with Crippen molar-refractivity contribution in [2.75, 3.05) is 13.1 Å². The Labute approximate surface area is 158 Å². The highest BCUT2D eigenvalue weighted by Gasteiger charge is 2.43. The van der Waals surface area contributed by atoms with E-state index in [-0.39, 0.29) is 36.5 Å². The van der Waals surface area contributed by atoms with Gasteiger partial charge >= 0.3 is 0 Å². The van der Waals surface area contributed by atoms with Gasteiger partial charge in [-0.1, -0.05) is 0 Å². The Balaban J connectivity index is 1.28. The summed E-state index contributed by atoms with van der Waals surface area (Å²) in [4.78, 5) is 26.5. The lowest BCUT2D eigenvalue weighted by atomic mass is 10.0. The molecular weight excluding hydrogens is 348 g/mol. The molecule has 1 aliphatic carbocycles. The fourth-order valence-electron chi connectivity index (χ4n) is 4.06. The molecule has 0 aromatic carbocycles. The van der Waals surface area contributed by atoms with Gasteiger partial charge in [-0.2, -0.15) is 0 Å². The Kier molecular flexibility index (Phi) is 5.47. The highest BCUT2D eigenvalue weighted by Crippen LogP contribution is 2.26. The lowest BCUT2D eigenvalue weighted by Crippen LogP contribution is -2.58. The normalized spacial score (nSPS) is 28.0. The molecule has 1 aromatic rings. The molecule has 3 heterocycles. The van der Waals surface area contributed by atoms with Crippen LogP contribution in [0.4, 0.5) is 0 Å². The van der Waals surface area contributed by atoms with Crippen molar-refractivity contribution in [3.05, 3.63) is 23.7 Å². The zero-order chi connectivity index (χ0) is 18.8. The average molecular weight is 376 g/mol. The van der Waals surface area contributed by atoms with Crippen LogP contribution in [0.1, 0.15) is 43.6 Å². The number of aliphatic hydroxyl groups is 1. The number of carbonyl (C=O) groups is 2. The molecule has 148 valence electrons. The van der Waals surface area contributed by atoms with E-state index in [2.05, 4.69) is 20.9 Å². The number of hydrogen-bond donors (Lipinski definition) is 4. The van der Waals surface area contributed by atoms with Gasteiger partial charge in [0.25, 0.3) is 0 Å². The Hall–Kier alpha value is -1.90. The third kappa shape index (κ3) is 4.51. The summed E-state index contributed by atoms with van der Waals surface area (Å²) in [6.45, 7) is 1.87. The van der Waals surface area contributed by atoms with Crippen molar-refractivity contribution >= 4 is 11.8 Å². The number of nitrogens with zero attached hydrogens (tertiary/aromatic N) is 1. The maximum atomic E-state index is 12.3. The van der Waals surface area contributed by atoms with Crippen LogP contribution in [0.15, 0.2) is 16.5 Å². The van der Waals surface area contributed by atoms with Gasteiger partial charge in [0.2, 0.25) is 11.8 Å². The molecule has 2 saturated heterocycles. The minimum absolute atomic E-state index is 0.0820. The van der Waals surface area contributed by atoms with E-state index < -0.39 is 0 Å². The smallest absolute Gasteiger partial charge is 0.237 e. The van der Waals surface area contributed by atoms with Gasteiger partial charge in [0, 0.05) is 37.6 Å². The quantitative estimate of drug-likeness (QED) is 0.503. The summed E-state index contributed by atoms with van der Waals surface area (Å²) in [5, 5.41) is 18.6. The van der Waals surface area contributed by atoms with E-state index in [0.29, 0.717) is 31.3 Å². The van der Waals surface area contributed by atoms with Crippen molar-refractivity contribution in [3.8, 4) is 0 Å². The molecule has 8 nitrogen and oxygen atoms in total. The van der Waals surface area contributed by atoms with Gasteiger partial charge in [-0.25, -0.2) is 0 Å². The van der Waals surface area contributed by atoms with E-state index in [1.165, 1.54) is 0 Å². The molecule has 1 aromatic heterocycles. The van der Waals surface area contributed by atoms with Crippen molar-refractivity contribution in [2.45, 2.75) is 69.4 Å². The lowest BCUT2D eigenvalue weighted by Gasteiger charge is -2.37. The van der Waals surface area contributed by atoms with Gasteiger partial charge in [0.1, 0.15) is 18.1 Å². The summed E-state index contributed by atoms with van der Waals surface area (Å²) in [5.41, 5.74) is 0. The van der Waals surface area contributed by atoms with Gasteiger partial charge in [-0.15, -0.1) is 0 Å². The number of fused-ring (bicyclic) bond motifs is 1. The summed E-state index contributed by atoms with van der Waals surface area (Å²) in [6.07, 6.45) is 4.23. The largest absolute Gasteiger partial charge is 0.462 e. The Morgan fingerprint density at radius 1 is 1.30 bits per heavy atom. The van der Waals surface area contributed by atoms with E-state index in [4.69, 9.17) is 9.52 Å². The van der Waals surface area contributed by atoms with Crippen molar-refractivity contribution in [1.29, 1.82) is 0 Å². The SMILES string of the molecule is O=C(CC[C@@H]1CNC(=O)[C@@H]2C[C@H](NCc3ccc(CO)o3)CN12)NC1CC1. The number of hydrogen-bond acceptors (Lipinski definition) is 6. The summed E-state index contributed by atoms with van der Waals surface area (Å²) < 4.78 is 5.51. The van der Waals surface area contributed by atoms with Gasteiger partial charge in [0.05, 0.1) is 12.6 Å². The molecule has 3 fully saturated rings. The number of amides is 2. The van der Waals surface area contributed by atoms with Crippen LogP contribution in [-0.2, 0) is 22.7 Å². The molecule has 0 bridgehead atoms. The zero-order valence-corrected chi connectivity index (χ0v) is 15.4. The molecule has 0 spiro atoms. The van der Waals surface area contributed by atoms with Gasteiger partial charge in [-0.3, -0.25) is 14.5 Å². The van der Waals surface area contributed by atoms with E-state index in [1.807, 2.05) is 6.07 Å². The molecule has 3 atom stereocenters. The number of piperazine rings is 1. The second-order valence-electron chi connectivity index (χ2n) is 7.83.